The predicted molar refractivity (Wildman–Crippen MR) is 66.3 cm³/mol. The number of aryl methyl sites for hydroxylation is 2. The Morgan fingerprint density at radius 2 is 2.10 bits per heavy atom. The van der Waals surface area contributed by atoms with Crippen LogP contribution in [0.1, 0.15) is 11.4 Å². The number of aliphatic hydroxyl groups is 1. The van der Waals surface area contributed by atoms with Gasteiger partial charge in [-0.05, 0) is 13.8 Å². The van der Waals surface area contributed by atoms with E-state index in [0.717, 1.165) is 4.90 Å². The molecule has 1 rings (SSSR count). The van der Waals surface area contributed by atoms with Crippen LogP contribution in [0.5, 0.6) is 0 Å². The molecule has 20 heavy (non-hydrogen) atoms. The molecule has 0 fully saturated rings. The quantitative estimate of drug-likeness (QED) is 0.725. The summed E-state index contributed by atoms with van der Waals surface area (Å²) in [6.07, 6.45) is -4.42. The van der Waals surface area contributed by atoms with Crippen LogP contribution in [0.4, 0.5) is 18.9 Å². The molecule has 0 aliphatic heterocycles. The van der Waals surface area contributed by atoms with E-state index in [4.69, 9.17) is 5.11 Å². The third-order valence-electron chi connectivity index (χ3n) is 2.58. The number of aliphatic hydroxyl groups excluding tert-OH is 1. The third-order valence-corrected chi connectivity index (χ3v) is 2.58. The lowest BCUT2D eigenvalue weighted by Crippen LogP contribution is -2.41. The fraction of sp³-hybridized carbons (Fsp3) is 0.636. The summed E-state index contributed by atoms with van der Waals surface area (Å²) in [5, 5.41) is 17.8. The van der Waals surface area contributed by atoms with Crippen LogP contribution in [-0.2, 0) is 4.79 Å². The van der Waals surface area contributed by atoms with Gasteiger partial charge in [-0.25, -0.2) is 0 Å². The first-order valence-corrected chi connectivity index (χ1v) is 5.94. The summed E-state index contributed by atoms with van der Waals surface area (Å²) in [6, 6.07) is 0. The second kappa shape index (κ2) is 6.71. The zero-order chi connectivity index (χ0) is 15.3. The van der Waals surface area contributed by atoms with E-state index in [9.17, 15) is 18.0 Å². The molecule has 114 valence electrons. The highest BCUT2D eigenvalue weighted by atomic mass is 19.4. The van der Waals surface area contributed by atoms with Gasteiger partial charge in [-0.3, -0.25) is 14.8 Å². The monoisotopic (exact) mass is 294 g/mol. The number of nitrogens with zero attached hydrogens (tertiary/aromatic N) is 2. The lowest BCUT2D eigenvalue weighted by atomic mass is 10.3. The number of hydrogen-bond acceptors (Lipinski definition) is 4. The van der Waals surface area contributed by atoms with Crippen molar-refractivity contribution in [1.29, 1.82) is 0 Å². The van der Waals surface area contributed by atoms with Crippen LogP contribution in [0.25, 0.3) is 0 Å². The van der Waals surface area contributed by atoms with Crippen molar-refractivity contribution >= 4 is 11.6 Å². The predicted octanol–water partition coefficient (Wildman–Crippen LogP) is 0.822. The molecule has 0 aliphatic rings. The fourth-order valence-corrected chi connectivity index (χ4v) is 1.73. The minimum Gasteiger partial charge on any atom is -0.395 e. The lowest BCUT2D eigenvalue weighted by molar-refractivity contribution is -0.148. The number of aromatic amines is 1. The summed E-state index contributed by atoms with van der Waals surface area (Å²) in [6.45, 7) is 0.981. The first-order valence-electron chi connectivity index (χ1n) is 5.94. The number of carbonyl (C=O) groups excluding carboxylic acids is 1. The molecule has 0 bridgehead atoms. The van der Waals surface area contributed by atoms with Gasteiger partial charge in [0.2, 0.25) is 5.91 Å². The second-order valence-electron chi connectivity index (χ2n) is 4.41. The molecule has 0 spiro atoms. The minimum absolute atomic E-state index is 0.226. The van der Waals surface area contributed by atoms with E-state index in [1.54, 1.807) is 13.8 Å². The minimum atomic E-state index is -4.42. The van der Waals surface area contributed by atoms with Gasteiger partial charge in [0.1, 0.15) is 0 Å². The zero-order valence-electron chi connectivity index (χ0n) is 11.2. The lowest BCUT2D eigenvalue weighted by Gasteiger charge is -2.22. The second-order valence-corrected chi connectivity index (χ2v) is 4.41. The number of alkyl halides is 3. The number of rotatable bonds is 6. The van der Waals surface area contributed by atoms with Gasteiger partial charge >= 0.3 is 6.18 Å². The molecule has 3 N–H and O–H groups in total. The van der Waals surface area contributed by atoms with Gasteiger partial charge in [-0.2, -0.15) is 18.3 Å². The van der Waals surface area contributed by atoms with Crippen LogP contribution in [0, 0.1) is 13.8 Å². The normalized spacial score (nSPS) is 11.9. The van der Waals surface area contributed by atoms with Crippen LogP contribution in [0.2, 0.25) is 0 Å². The van der Waals surface area contributed by atoms with Gasteiger partial charge in [-0.1, -0.05) is 0 Å². The van der Waals surface area contributed by atoms with Gasteiger partial charge in [-0.15, -0.1) is 0 Å². The highest BCUT2D eigenvalue weighted by Gasteiger charge is 2.31. The molecular formula is C11H17F3N4O2. The van der Waals surface area contributed by atoms with Gasteiger partial charge in [0.15, 0.2) is 0 Å². The number of nitrogens with one attached hydrogen (secondary N) is 2. The Labute approximate surface area is 114 Å². The molecular weight excluding hydrogens is 277 g/mol. The number of carbonyl (C=O) groups is 1. The largest absolute Gasteiger partial charge is 0.401 e. The first-order chi connectivity index (χ1) is 9.23. The van der Waals surface area contributed by atoms with Crippen LogP contribution in [0.3, 0.4) is 0 Å². The third kappa shape index (κ3) is 5.17. The molecule has 0 radical (unpaired) electrons. The summed E-state index contributed by atoms with van der Waals surface area (Å²) in [5.41, 5.74) is 1.65. The van der Waals surface area contributed by atoms with Crippen molar-refractivity contribution in [2.24, 2.45) is 0 Å². The topological polar surface area (TPSA) is 81.2 Å². The van der Waals surface area contributed by atoms with Crippen LogP contribution < -0.4 is 5.32 Å². The van der Waals surface area contributed by atoms with E-state index >= 15 is 0 Å². The molecule has 6 nitrogen and oxygen atoms in total. The molecule has 1 heterocycles. The molecule has 1 aromatic heterocycles. The highest BCUT2D eigenvalue weighted by molar-refractivity contribution is 5.93. The molecule has 9 heteroatoms. The average Bonchev–Trinajstić information content (AvgIpc) is 2.59. The Morgan fingerprint density at radius 1 is 1.45 bits per heavy atom. The van der Waals surface area contributed by atoms with Gasteiger partial charge in [0.25, 0.3) is 0 Å². The van der Waals surface area contributed by atoms with Crippen LogP contribution in [-0.4, -0.2) is 58.5 Å². The molecule has 0 aliphatic carbocycles. The van der Waals surface area contributed by atoms with Crippen molar-refractivity contribution in [2.45, 2.75) is 20.0 Å². The Morgan fingerprint density at radius 3 is 2.55 bits per heavy atom. The SMILES string of the molecule is Cc1n[nH]c(C)c1NC(=O)CN(CCO)CC(F)(F)F. The van der Waals surface area contributed by atoms with Crippen LogP contribution in [0.15, 0.2) is 0 Å². The van der Waals surface area contributed by atoms with Crippen molar-refractivity contribution in [3.8, 4) is 0 Å². The summed E-state index contributed by atoms with van der Waals surface area (Å²) >= 11 is 0. The van der Waals surface area contributed by atoms with E-state index in [-0.39, 0.29) is 6.54 Å². The van der Waals surface area contributed by atoms with E-state index in [0.29, 0.717) is 17.1 Å². The Balaban J connectivity index is 2.62. The highest BCUT2D eigenvalue weighted by Crippen LogP contribution is 2.18. The molecule has 0 aromatic carbocycles. The van der Waals surface area contributed by atoms with Crippen molar-refractivity contribution in [2.75, 3.05) is 31.6 Å². The molecule has 0 atom stereocenters. The molecule has 0 saturated heterocycles. The van der Waals surface area contributed by atoms with Crippen molar-refractivity contribution in [3.63, 3.8) is 0 Å². The van der Waals surface area contributed by atoms with Gasteiger partial charge in [0.05, 0.1) is 36.8 Å². The molecule has 0 saturated carbocycles. The first kappa shape index (κ1) is 16.4. The van der Waals surface area contributed by atoms with Crippen LogP contribution >= 0.6 is 0 Å². The number of halogens is 3. The molecule has 1 amide bonds. The molecule has 0 unspecified atom stereocenters. The molecule has 1 aromatic rings. The van der Waals surface area contributed by atoms with Gasteiger partial charge < -0.3 is 10.4 Å². The van der Waals surface area contributed by atoms with E-state index < -0.39 is 31.8 Å². The fourth-order valence-electron chi connectivity index (χ4n) is 1.73. The number of hydrogen-bond donors (Lipinski definition) is 3. The maximum atomic E-state index is 12.3. The smallest absolute Gasteiger partial charge is 0.395 e. The Bertz CT molecular complexity index is 440. The van der Waals surface area contributed by atoms with E-state index in [2.05, 4.69) is 15.5 Å². The van der Waals surface area contributed by atoms with Gasteiger partial charge in [0, 0.05) is 6.54 Å². The average molecular weight is 294 g/mol. The number of aromatic nitrogens is 2. The maximum absolute atomic E-state index is 12.3. The summed E-state index contributed by atoms with van der Waals surface area (Å²) in [7, 11) is 0. The summed E-state index contributed by atoms with van der Waals surface area (Å²) in [4.78, 5) is 12.6. The standard InChI is InChI=1S/C11H17F3N4O2/c1-7-10(8(2)17-16-7)15-9(20)5-18(3-4-19)6-11(12,13)14/h19H,3-6H2,1-2H3,(H,15,20)(H,16,17). The van der Waals surface area contributed by atoms with E-state index in [1.807, 2.05) is 0 Å². The van der Waals surface area contributed by atoms with E-state index in [1.165, 1.54) is 0 Å². The van der Waals surface area contributed by atoms with Crippen molar-refractivity contribution in [3.05, 3.63) is 11.4 Å². The van der Waals surface area contributed by atoms with Crippen molar-refractivity contribution < 1.29 is 23.1 Å². The number of H-pyrrole nitrogens is 1. The Kier molecular flexibility index (Phi) is 5.52. The zero-order valence-corrected chi connectivity index (χ0v) is 11.2. The number of amides is 1. The maximum Gasteiger partial charge on any atom is 0.401 e. The number of anilines is 1. The van der Waals surface area contributed by atoms with Crippen molar-refractivity contribution in [1.82, 2.24) is 15.1 Å². The Hall–Kier alpha value is -1.61. The summed E-state index contributed by atoms with van der Waals surface area (Å²) in [5.74, 6) is -0.588. The summed E-state index contributed by atoms with van der Waals surface area (Å²) < 4.78 is 36.9.